The molecule has 1 N–H and O–H groups in total. The Morgan fingerprint density at radius 3 is 2.79 bits per heavy atom. The molecule has 0 aliphatic carbocycles. The summed E-state index contributed by atoms with van der Waals surface area (Å²) in [5.74, 6) is 0. The maximum atomic E-state index is 3.49. The fraction of sp³-hybridized carbons (Fsp3) is 0.125. The maximum Gasteiger partial charge on any atom is 0.0481 e. The van der Waals surface area contributed by atoms with Crippen LogP contribution < -0.4 is 5.32 Å². The van der Waals surface area contributed by atoms with Gasteiger partial charge in [-0.05, 0) is 29.8 Å². The van der Waals surface area contributed by atoms with Crippen molar-refractivity contribution in [2.45, 2.75) is 6.54 Å². The molecule has 2 aromatic carbocycles. The van der Waals surface area contributed by atoms with E-state index in [0.717, 1.165) is 16.7 Å². The molecule has 3 rings (SSSR count). The minimum atomic E-state index is 0.831. The van der Waals surface area contributed by atoms with Crippen molar-refractivity contribution in [2.75, 3.05) is 5.32 Å². The minimum Gasteiger partial charge on any atom is -0.381 e. The number of benzene rings is 2. The largest absolute Gasteiger partial charge is 0.381 e. The number of rotatable bonds is 3. The number of halogens is 1. The highest BCUT2D eigenvalue weighted by Crippen LogP contribution is 2.22. The second-order valence-corrected chi connectivity index (χ2v) is 5.56. The lowest BCUT2D eigenvalue weighted by Crippen LogP contribution is -1.98. The molecule has 3 heteroatoms. The average molecular weight is 315 g/mol. The van der Waals surface area contributed by atoms with Gasteiger partial charge in [0.1, 0.15) is 0 Å². The van der Waals surface area contributed by atoms with Gasteiger partial charge in [0.2, 0.25) is 0 Å². The second-order valence-electron chi connectivity index (χ2n) is 4.65. The molecule has 0 radical (unpaired) electrons. The Bertz CT molecular complexity index is 716. The molecule has 0 atom stereocenters. The van der Waals surface area contributed by atoms with Crippen LogP contribution in [0, 0.1) is 0 Å². The van der Waals surface area contributed by atoms with E-state index in [4.69, 9.17) is 0 Å². The molecule has 0 amide bonds. The van der Waals surface area contributed by atoms with Crippen LogP contribution in [0.1, 0.15) is 5.56 Å². The molecule has 0 unspecified atom stereocenters. The summed E-state index contributed by atoms with van der Waals surface area (Å²) >= 11 is 3.49. The molecule has 0 saturated heterocycles. The number of nitrogens with one attached hydrogen (secondary N) is 1. The molecule has 3 aromatic rings. The number of para-hydroxylation sites is 1. The number of aromatic nitrogens is 1. The van der Waals surface area contributed by atoms with Gasteiger partial charge < -0.3 is 9.88 Å². The third-order valence-corrected chi connectivity index (χ3v) is 3.78. The molecule has 1 heterocycles. The monoisotopic (exact) mass is 314 g/mol. The third kappa shape index (κ3) is 2.51. The molecule has 0 spiro atoms. The fourth-order valence-electron chi connectivity index (χ4n) is 2.36. The molecule has 19 heavy (non-hydrogen) atoms. The van der Waals surface area contributed by atoms with E-state index in [1.54, 1.807) is 0 Å². The zero-order valence-electron chi connectivity index (χ0n) is 10.7. The van der Waals surface area contributed by atoms with Gasteiger partial charge in [-0.2, -0.15) is 0 Å². The summed E-state index contributed by atoms with van der Waals surface area (Å²) in [6.07, 6.45) is 2.19. The second kappa shape index (κ2) is 5.10. The molecular formula is C16H15BrN2. The molecular weight excluding hydrogens is 300 g/mol. The Labute approximate surface area is 121 Å². The molecule has 1 aromatic heterocycles. The van der Waals surface area contributed by atoms with E-state index in [-0.39, 0.29) is 0 Å². The van der Waals surface area contributed by atoms with Crippen molar-refractivity contribution in [3.8, 4) is 0 Å². The van der Waals surface area contributed by atoms with E-state index >= 15 is 0 Å². The number of aryl methyl sites for hydroxylation is 1. The van der Waals surface area contributed by atoms with Crippen LogP contribution in [0.5, 0.6) is 0 Å². The Balaban J connectivity index is 1.86. The Morgan fingerprint density at radius 1 is 1.11 bits per heavy atom. The van der Waals surface area contributed by atoms with Crippen LogP contribution in [0.4, 0.5) is 5.69 Å². The quantitative estimate of drug-likeness (QED) is 0.750. The average Bonchev–Trinajstić information content (AvgIpc) is 2.74. The van der Waals surface area contributed by atoms with E-state index in [1.165, 1.54) is 16.5 Å². The Hall–Kier alpha value is -1.74. The first kappa shape index (κ1) is 12.3. The van der Waals surface area contributed by atoms with Crippen molar-refractivity contribution in [3.63, 3.8) is 0 Å². The van der Waals surface area contributed by atoms with Gasteiger partial charge in [-0.25, -0.2) is 0 Å². The van der Waals surface area contributed by atoms with Gasteiger partial charge in [-0.1, -0.05) is 40.2 Å². The van der Waals surface area contributed by atoms with E-state index in [9.17, 15) is 0 Å². The van der Waals surface area contributed by atoms with Crippen LogP contribution >= 0.6 is 15.9 Å². The maximum absolute atomic E-state index is 3.49. The Morgan fingerprint density at radius 2 is 1.95 bits per heavy atom. The number of fused-ring (bicyclic) bond motifs is 1. The molecule has 96 valence electrons. The van der Waals surface area contributed by atoms with Crippen molar-refractivity contribution in [3.05, 3.63) is 64.8 Å². The first-order valence-corrected chi connectivity index (χ1v) is 7.06. The van der Waals surface area contributed by atoms with Crippen molar-refractivity contribution in [1.82, 2.24) is 4.57 Å². The third-order valence-electron chi connectivity index (χ3n) is 3.29. The van der Waals surface area contributed by atoms with E-state index in [2.05, 4.69) is 75.5 Å². The fourth-order valence-corrected chi connectivity index (χ4v) is 2.76. The summed E-state index contributed by atoms with van der Waals surface area (Å²) < 4.78 is 3.27. The number of hydrogen-bond donors (Lipinski definition) is 1. The number of anilines is 1. The molecule has 0 aliphatic rings. The van der Waals surface area contributed by atoms with Gasteiger partial charge in [0.25, 0.3) is 0 Å². The van der Waals surface area contributed by atoms with Crippen LogP contribution in [0.2, 0.25) is 0 Å². The van der Waals surface area contributed by atoms with Gasteiger partial charge in [0.15, 0.2) is 0 Å². The van der Waals surface area contributed by atoms with E-state index in [0.29, 0.717) is 0 Å². The van der Waals surface area contributed by atoms with Crippen molar-refractivity contribution >= 4 is 32.5 Å². The summed E-state index contributed by atoms with van der Waals surface area (Å²) in [5, 5.41) is 4.78. The minimum absolute atomic E-state index is 0.831. The van der Waals surface area contributed by atoms with Crippen LogP contribution in [0.3, 0.4) is 0 Å². The predicted octanol–water partition coefficient (Wildman–Crippen LogP) is 4.55. The van der Waals surface area contributed by atoms with Crippen molar-refractivity contribution < 1.29 is 0 Å². The van der Waals surface area contributed by atoms with Crippen LogP contribution in [-0.4, -0.2) is 4.57 Å². The van der Waals surface area contributed by atoms with Gasteiger partial charge in [0.05, 0.1) is 0 Å². The zero-order valence-corrected chi connectivity index (χ0v) is 12.3. The summed E-state index contributed by atoms with van der Waals surface area (Å²) in [6, 6.07) is 16.7. The van der Waals surface area contributed by atoms with Crippen LogP contribution in [0.25, 0.3) is 10.9 Å². The van der Waals surface area contributed by atoms with E-state index < -0.39 is 0 Å². The summed E-state index contributed by atoms with van der Waals surface area (Å²) in [7, 11) is 2.09. The predicted molar refractivity (Wildman–Crippen MR) is 84.4 cm³/mol. The van der Waals surface area contributed by atoms with Gasteiger partial charge in [0, 0.05) is 40.9 Å². The lowest BCUT2D eigenvalue weighted by molar-refractivity contribution is 0.956. The summed E-state index contributed by atoms with van der Waals surface area (Å²) in [4.78, 5) is 0. The first-order valence-electron chi connectivity index (χ1n) is 6.26. The molecule has 0 fully saturated rings. The van der Waals surface area contributed by atoms with Crippen LogP contribution in [-0.2, 0) is 13.6 Å². The summed E-state index contributed by atoms with van der Waals surface area (Å²) in [5.41, 5.74) is 3.72. The van der Waals surface area contributed by atoms with Gasteiger partial charge in [-0.15, -0.1) is 0 Å². The normalized spacial score (nSPS) is 10.8. The zero-order chi connectivity index (χ0) is 13.2. The van der Waals surface area contributed by atoms with E-state index in [1.807, 2.05) is 12.1 Å². The topological polar surface area (TPSA) is 17.0 Å². The molecule has 0 saturated carbocycles. The molecule has 0 bridgehead atoms. The highest BCUT2D eigenvalue weighted by molar-refractivity contribution is 9.10. The van der Waals surface area contributed by atoms with Gasteiger partial charge in [-0.3, -0.25) is 0 Å². The lowest BCUT2D eigenvalue weighted by Gasteiger charge is -2.05. The van der Waals surface area contributed by atoms with Crippen LogP contribution in [0.15, 0.2) is 59.2 Å². The smallest absolute Gasteiger partial charge is 0.0481 e. The SMILES string of the molecule is Cn1cc(CNc2cccc(Br)c2)c2ccccc21. The lowest BCUT2D eigenvalue weighted by atomic mass is 10.2. The standard InChI is InChI=1S/C16H15BrN2/c1-19-11-12(15-7-2-3-8-16(15)19)10-18-14-6-4-5-13(17)9-14/h2-9,11,18H,10H2,1H3. The number of nitrogens with zero attached hydrogens (tertiary/aromatic N) is 1. The van der Waals surface area contributed by atoms with Crippen molar-refractivity contribution in [2.24, 2.45) is 7.05 Å². The summed E-state index contributed by atoms with van der Waals surface area (Å²) in [6.45, 7) is 0.831. The molecule has 2 nitrogen and oxygen atoms in total. The van der Waals surface area contributed by atoms with Gasteiger partial charge >= 0.3 is 0 Å². The number of hydrogen-bond acceptors (Lipinski definition) is 1. The first-order chi connectivity index (χ1) is 9.24. The highest BCUT2D eigenvalue weighted by Gasteiger charge is 2.05. The highest BCUT2D eigenvalue weighted by atomic mass is 79.9. The Kier molecular flexibility index (Phi) is 3.30. The van der Waals surface area contributed by atoms with Crippen molar-refractivity contribution in [1.29, 1.82) is 0 Å². The molecule has 0 aliphatic heterocycles.